The van der Waals surface area contributed by atoms with Gasteiger partial charge in [0.05, 0.1) is 32.7 Å². The standard InChI is InChI=1S/C55H62N4O9S3/c1-4-70(65,66)55-31-46(55)42-16-10-11-17-43(42)52-50(45-24-22-38(29-48(45)59(52)33-55)53(60)56-71(67,68)57(2)3)36-20-18-34(19-21-36)26-27-69(63,64)40-28-37-14-8-9-15-41(37)51-49(35-12-6-5-7-13-35)44-25-23-39(54(61)62)30-47(44)58(51)32-40/h8-11,14-17,22-25,29-30,34-36,40,46H,4-7,12-13,18-21,26-28,31-33H2,1-3H3,(H,56,60)(H,61,62). The van der Waals surface area contributed by atoms with E-state index in [1.807, 2.05) is 42.5 Å². The number of hydrogen-bond donors (Lipinski definition) is 2. The lowest BCUT2D eigenvalue weighted by Gasteiger charge is -2.30. The lowest BCUT2D eigenvalue weighted by molar-refractivity contribution is 0.0696. The van der Waals surface area contributed by atoms with E-state index in [9.17, 15) is 39.9 Å². The summed E-state index contributed by atoms with van der Waals surface area (Å²) in [7, 11) is -8.59. The van der Waals surface area contributed by atoms with Crippen molar-refractivity contribution < 1.29 is 39.9 Å². The van der Waals surface area contributed by atoms with Crippen LogP contribution in [0, 0.1) is 5.92 Å². The summed E-state index contributed by atoms with van der Waals surface area (Å²) in [4.78, 5) is 25.9. The minimum absolute atomic E-state index is 0.00381. The zero-order valence-corrected chi connectivity index (χ0v) is 43.0. The van der Waals surface area contributed by atoms with E-state index in [1.54, 1.807) is 31.2 Å². The molecule has 0 radical (unpaired) electrons. The molecule has 3 saturated carbocycles. The van der Waals surface area contributed by atoms with Crippen molar-refractivity contribution in [2.75, 3.05) is 25.6 Å². The Labute approximate surface area is 416 Å². The van der Waals surface area contributed by atoms with Crippen molar-refractivity contribution in [2.45, 2.75) is 125 Å². The fourth-order valence-electron chi connectivity index (χ4n) is 13.2. The van der Waals surface area contributed by atoms with Gasteiger partial charge < -0.3 is 14.2 Å². The van der Waals surface area contributed by atoms with Gasteiger partial charge in [-0.05, 0) is 122 Å². The first-order chi connectivity index (χ1) is 33.9. The van der Waals surface area contributed by atoms with Crippen LogP contribution in [0.3, 0.4) is 0 Å². The molecule has 3 fully saturated rings. The first kappa shape index (κ1) is 48.0. The molecular weight excluding hydrogens is 957 g/mol. The smallest absolute Gasteiger partial charge is 0.335 e. The maximum atomic E-state index is 14.8. The summed E-state index contributed by atoms with van der Waals surface area (Å²) in [5, 5.41) is 11.3. The lowest BCUT2D eigenvalue weighted by Crippen LogP contribution is -2.39. The molecule has 2 aliphatic heterocycles. The van der Waals surface area contributed by atoms with Crippen LogP contribution in [0.25, 0.3) is 44.3 Å². The van der Waals surface area contributed by atoms with Crippen LogP contribution in [-0.2, 0) is 49.4 Å². The number of hydrogen-bond acceptors (Lipinski definition) is 8. The van der Waals surface area contributed by atoms with Gasteiger partial charge in [0, 0.05) is 77.4 Å². The fraction of sp³-hybridized carbons (Fsp3) is 0.455. The lowest BCUT2D eigenvalue weighted by atomic mass is 9.76. The number of nitrogens with one attached hydrogen (secondary N) is 1. The third-order valence-electron chi connectivity index (χ3n) is 17.2. The topological polar surface area (TPSA) is 182 Å². The number of sulfone groups is 2. The van der Waals surface area contributed by atoms with Crippen molar-refractivity contribution in [1.29, 1.82) is 0 Å². The van der Waals surface area contributed by atoms with Crippen molar-refractivity contribution in [2.24, 2.45) is 5.92 Å². The van der Waals surface area contributed by atoms with Crippen molar-refractivity contribution in [1.82, 2.24) is 18.2 Å². The maximum Gasteiger partial charge on any atom is 0.335 e. The molecule has 374 valence electrons. The first-order valence-electron chi connectivity index (χ1n) is 25.3. The summed E-state index contributed by atoms with van der Waals surface area (Å²) in [6.07, 6.45) is 10.1. The van der Waals surface area contributed by atoms with Gasteiger partial charge in [-0.25, -0.2) is 26.4 Å². The summed E-state index contributed by atoms with van der Waals surface area (Å²) < 4.78 is 89.6. The number of carboxylic acids is 1. The van der Waals surface area contributed by atoms with E-state index in [0.717, 1.165) is 111 Å². The fourth-order valence-corrected chi connectivity index (χ4v) is 17.5. The molecule has 4 heterocycles. The number of aromatic carboxylic acids is 1. The zero-order chi connectivity index (χ0) is 49.8. The monoisotopic (exact) mass is 1020 g/mol. The molecule has 3 aliphatic carbocycles. The van der Waals surface area contributed by atoms with Gasteiger partial charge in [0.25, 0.3) is 5.91 Å². The number of rotatable bonds is 12. The van der Waals surface area contributed by atoms with E-state index >= 15 is 0 Å². The Balaban J connectivity index is 0.897. The minimum atomic E-state index is -4.08. The Morgan fingerprint density at radius 3 is 2.01 bits per heavy atom. The molecule has 0 spiro atoms. The second-order valence-corrected chi connectivity index (χ2v) is 28.1. The molecule has 0 saturated heterocycles. The Hall–Kier alpha value is -5.29. The van der Waals surface area contributed by atoms with E-state index < -0.39 is 51.8 Å². The SMILES string of the molecule is CCS(=O)(=O)C12CC1c1ccccc1-c1c(C3CCC(CCS(=O)(=O)C4Cc5ccccc5-c5c(C6CCCCC6)c6ccc(C(=O)O)cc6n5C4)CC3)c3ccc(C(=O)NS(=O)(=O)N(C)C)cc3n1C2. The second kappa shape index (κ2) is 17.7. The van der Waals surface area contributed by atoms with Crippen LogP contribution in [0.15, 0.2) is 84.9 Å². The molecule has 16 heteroatoms. The third kappa shape index (κ3) is 8.06. The first-order valence-corrected chi connectivity index (χ1v) is 30.2. The highest BCUT2D eigenvalue weighted by molar-refractivity contribution is 7.93. The number of aromatic nitrogens is 2. The van der Waals surface area contributed by atoms with Gasteiger partial charge >= 0.3 is 16.2 Å². The van der Waals surface area contributed by atoms with E-state index in [-0.39, 0.29) is 53.5 Å². The summed E-state index contributed by atoms with van der Waals surface area (Å²) in [5.74, 6) is -1.41. The number of carboxylic acid groups (broad SMARTS) is 1. The molecule has 6 aromatic rings. The summed E-state index contributed by atoms with van der Waals surface area (Å²) in [5.41, 5.74) is 10.1. The van der Waals surface area contributed by atoms with Gasteiger partial charge in [-0.1, -0.05) is 86.8 Å². The van der Waals surface area contributed by atoms with E-state index in [1.165, 1.54) is 26.1 Å². The molecule has 3 unspecified atom stereocenters. The quantitative estimate of drug-likeness (QED) is 0.121. The Morgan fingerprint density at radius 2 is 1.34 bits per heavy atom. The van der Waals surface area contributed by atoms with Gasteiger partial charge in [-0.2, -0.15) is 12.7 Å². The molecule has 11 rings (SSSR count). The highest BCUT2D eigenvalue weighted by Crippen LogP contribution is 2.63. The molecule has 0 bridgehead atoms. The van der Waals surface area contributed by atoms with Crippen LogP contribution in [0.1, 0.15) is 138 Å². The third-order valence-corrected chi connectivity index (χ3v) is 23.3. The molecule has 2 aromatic heterocycles. The van der Waals surface area contributed by atoms with Crippen molar-refractivity contribution in [3.8, 4) is 22.5 Å². The summed E-state index contributed by atoms with van der Waals surface area (Å²) in [6, 6.07) is 26.8. The predicted octanol–water partition coefficient (Wildman–Crippen LogP) is 9.59. The van der Waals surface area contributed by atoms with E-state index in [4.69, 9.17) is 0 Å². The molecule has 13 nitrogen and oxygen atoms in total. The predicted molar refractivity (Wildman–Crippen MR) is 278 cm³/mol. The van der Waals surface area contributed by atoms with Crippen LogP contribution >= 0.6 is 0 Å². The van der Waals surface area contributed by atoms with Crippen molar-refractivity contribution in [3.05, 3.63) is 118 Å². The summed E-state index contributed by atoms with van der Waals surface area (Å²) in [6.45, 7) is 2.14. The maximum absolute atomic E-state index is 14.8. The van der Waals surface area contributed by atoms with Crippen LogP contribution < -0.4 is 4.72 Å². The highest BCUT2D eigenvalue weighted by Gasteiger charge is 2.65. The number of nitrogens with zero attached hydrogens (tertiary/aromatic N) is 3. The number of benzene rings is 4. The number of amides is 1. The average molecular weight is 1020 g/mol. The van der Waals surface area contributed by atoms with Crippen molar-refractivity contribution in [3.63, 3.8) is 0 Å². The van der Waals surface area contributed by atoms with Gasteiger partial charge in [-0.3, -0.25) is 4.79 Å². The van der Waals surface area contributed by atoms with Crippen LogP contribution in [0.4, 0.5) is 0 Å². The Kier molecular flexibility index (Phi) is 12.0. The minimum Gasteiger partial charge on any atom is -0.478 e. The average Bonchev–Trinajstić information content (AvgIpc) is 3.99. The Morgan fingerprint density at radius 1 is 0.732 bits per heavy atom. The van der Waals surface area contributed by atoms with E-state index in [2.05, 4.69) is 32.1 Å². The van der Waals surface area contributed by atoms with Gasteiger partial charge in [0.1, 0.15) is 0 Å². The van der Waals surface area contributed by atoms with Crippen molar-refractivity contribution >= 4 is 63.6 Å². The summed E-state index contributed by atoms with van der Waals surface area (Å²) >= 11 is 0. The molecule has 5 aliphatic rings. The molecule has 4 aromatic carbocycles. The molecular formula is C55H62N4O9S3. The zero-order valence-electron chi connectivity index (χ0n) is 40.6. The van der Waals surface area contributed by atoms with Gasteiger partial charge in [-0.15, -0.1) is 0 Å². The molecule has 3 atom stereocenters. The normalized spacial score (nSPS) is 23.5. The molecule has 2 N–H and O–H groups in total. The van der Waals surface area contributed by atoms with Crippen LogP contribution in [0.5, 0.6) is 0 Å². The molecule has 71 heavy (non-hydrogen) atoms. The number of fused-ring (bicyclic) bond motifs is 12. The van der Waals surface area contributed by atoms with E-state index in [0.29, 0.717) is 30.7 Å². The second-order valence-electron chi connectivity index (χ2n) is 21.2. The van der Waals surface area contributed by atoms with Crippen LogP contribution in [-0.4, -0.2) is 91.3 Å². The largest absolute Gasteiger partial charge is 0.478 e. The molecule has 1 amide bonds. The highest BCUT2D eigenvalue weighted by atomic mass is 32.2. The van der Waals surface area contributed by atoms with Crippen LogP contribution in [0.2, 0.25) is 0 Å². The van der Waals surface area contributed by atoms with Gasteiger partial charge in [0.2, 0.25) is 0 Å². The number of carbonyl (C=O) groups excluding carboxylic acids is 1. The van der Waals surface area contributed by atoms with Gasteiger partial charge in [0.15, 0.2) is 19.7 Å². The number of carbonyl (C=O) groups is 2. The Bertz CT molecular complexity index is 3510.